The van der Waals surface area contributed by atoms with Crippen molar-refractivity contribution in [3.8, 4) is 0 Å². The molecule has 0 bridgehead atoms. The lowest BCUT2D eigenvalue weighted by atomic mass is 9.90. The summed E-state index contributed by atoms with van der Waals surface area (Å²) in [5.74, 6) is -0.195. The zero-order valence-electron chi connectivity index (χ0n) is 10.4. The molecule has 0 spiro atoms. The molecule has 0 amide bonds. The molecule has 5 heteroatoms. The molecule has 96 valence electrons. The Hall–Kier alpha value is -0.200. The van der Waals surface area contributed by atoms with Crippen molar-refractivity contribution in [1.82, 2.24) is 0 Å². The molecule has 0 aromatic carbocycles. The van der Waals surface area contributed by atoms with Crippen molar-refractivity contribution in [3.05, 3.63) is 0 Å². The van der Waals surface area contributed by atoms with Crippen molar-refractivity contribution in [3.63, 3.8) is 0 Å². The first kappa shape index (κ1) is 13.9. The van der Waals surface area contributed by atoms with Gasteiger partial charge in [-0.05, 0) is 20.8 Å². The number of hydrogen-bond donors (Lipinski definition) is 3. The Kier molecular flexibility index (Phi) is 4.31. The Bertz CT molecular complexity index is 227. The Morgan fingerprint density at radius 2 is 1.94 bits per heavy atom. The van der Waals surface area contributed by atoms with Gasteiger partial charge in [0.25, 0.3) is 0 Å². The topological polar surface area (TPSA) is 84.9 Å². The second kappa shape index (κ2) is 4.98. The van der Waals surface area contributed by atoms with Crippen LogP contribution in [0.1, 0.15) is 27.7 Å². The monoisotopic (exact) mass is 233 g/mol. The van der Waals surface area contributed by atoms with Gasteiger partial charge in [0.2, 0.25) is 0 Å². The second-order valence-electron chi connectivity index (χ2n) is 5.38. The Labute approximate surface area is 96.5 Å². The maximum absolute atomic E-state index is 9.92. The van der Waals surface area contributed by atoms with Gasteiger partial charge in [0, 0.05) is 5.92 Å². The summed E-state index contributed by atoms with van der Waals surface area (Å²) in [5.41, 5.74) is 5.46. The van der Waals surface area contributed by atoms with E-state index >= 15 is 0 Å². The number of rotatable bonds is 2. The Morgan fingerprint density at radius 3 is 2.38 bits per heavy atom. The standard InChI is InChI=1S/C11H23NO4/c1-6-7(5-13)15-10(8(12)9(6)14)16-11(2,3)4/h6-10,13-14H,5,12H2,1-4H3. The van der Waals surface area contributed by atoms with Crippen molar-refractivity contribution >= 4 is 0 Å². The molecule has 4 N–H and O–H groups in total. The third-order valence-electron chi connectivity index (χ3n) is 2.79. The van der Waals surface area contributed by atoms with Crippen molar-refractivity contribution in [2.75, 3.05) is 6.61 Å². The molecule has 1 rings (SSSR count). The van der Waals surface area contributed by atoms with E-state index < -0.39 is 30.1 Å². The van der Waals surface area contributed by atoms with Crippen LogP contribution in [0, 0.1) is 5.92 Å². The number of nitrogens with two attached hydrogens (primary N) is 1. The molecule has 1 fully saturated rings. The van der Waals surface area contributed by atoms with Gasteiger partial charge in [-0.3, -0.25) is 0 Å². The third-order valence-corrected chi connectivity index (χ3v) is 2.79. The fraction of sp³-hybridized carbons (Fsp3) is 1.00. The van der Waals surface area contributed by atoms with Crippen LogP contribution in [-0.2, 0) is 9.47 Å². The molecule has 5 atom stereocenters. The van der Waals surface area contributed by atoms with Gasteiger partial charge < -0.3 is 25.4 Å². The average Bonchev–Trinajstić information content (AvgIpc) is 2.17. The number of hydrogen-bond acceptors (Lipinski definition) is 5. The molecule has 5 unspecified atom stereocenters. The normalized spacial score (nSPS) is 41.1. The van der Waals surface area contributed by atoms with Crippen molar-refractivity contribution in [2.45, 2.75) is 57.8 Å². The van der Waals surface area contributed by atoms with Crippen LogP contribution in [0.15, 0.2) is 0 Å². The maximum atomic E-state index is 9.92. The van der Waals surface area contributed by atoms with Crippen LogP contribution in [0.2, 0.25) is 0 Å². The molecule has 0 aliphatic carbocycles. The van der Waals surface area contributed by atoms with Gasteiger partial charge >= 0.3 is 0 Å². The predicted molar refractivity (Wildman–Crippen MR) is 59.7 cm³/mol. The minimum Gasteiger partial charge on any atom is -0.394 e. The lowest BCUT2D eigenvalue weighted by Gasteiger charge is -2.43. The van der Waals surface area contributed by atoms with E-state index in [-0.39, 0.29) is 12.5 Å². The van der Waals surface area contributed by atoms with E-state index in [1.807, 2.05) is 20.8 Å². The van der Waals surface area contributed by atoms with E-state index in [0.717, 1.165) is 0 Å². The smallest absolute Gasteiger partial charge is 0.176 e. The minimum absolute atomic E-state index is 0.144. The summed E-state index contributed by atoms with van der Waals surface area (Å²) in [5, 5.41) is 19.1. The van der Waals surface area contributed by atoms with Crippen molar-refractivity contribution < 1.29 is 19.7 Å². The van der Waals surface area contributed by atoms with Gasteiger partial charge in [0.1, 0.15) is 0 Å². The Morgan fingerprint density at radius 1 is 1.38 bits per heavy atom. The fourth-order valence-corrected chi connectivity index (χ4v) is 1.78. The quantitative estimate of drug-likeness (QED) is 0.617. The van der Waals surface area contributed by atoms with Crippen LogP contribution in [0.3, 0.4) is 0 Å². The first-order chi connectivity index (χ1) is 7.26. The van der Waals surface area contributed by atoms with Crippen LogP contribution < -0.4 is 5.73 Å². The molecule has 1 aliphatic rings. The molecule has 0 aromatic rings. The number of aliphatic hydroxyl groups excluding tert-OH is 2. The highest BCUT2D eigenvalue weighted by Crippen LogP contribution is 2.27. The Balaban J connectivity index is 2.71. The first-order valence-corrected chi connectivity index (χ1v) is 5.64. The first-order valence-electron chi connectivity index (χ1n) is 5.64. The van der Waals surface area contributed by atoms with Crippen LogP contribution in [0.5, 0.6) is 0 Å². The predicted octanol–water partition coefficient (Wildman–Crippen LogP) is -0.157. The second-order valence-corrected chi connectivity index (χ2v) is 5.38. The SMILES string of the molecule is CC1C(CO)OC(OC(C)(C)C)C(N)C1O. The molecular formula is C11H23NO4. The van der Waals surface area contributed by atoms with E-state index in [0.29, 0.717) is 0 Å². The summed E-state index contributed by atoms with van der Waals surface area (Å²) in [6.07, 6.45) is -1.83. The molecule has 0 saturated carbocycles. The van der Waals surface area contributed by atoms with Gasteiger partial charge in [0.15, 0.2) is 6.29 Å². The van der Waals surface area contributed by atoms with Gasteiger partial charge in [-0.15, -0.1) is 0 Å². The lowest BCUT2D eigenvalue weighted by molar-refractivity contribution is -0.276. The summed E-state index contributed by atoms with van der Waals surface area (Å²) in [4.78, 5) is 0. The van der Waals surface area contributed by atoms with Gasteiger partial charge in [0.05, 0.1) is 30.5 Å². The van der Waals surface area contributed by atoms with Crippen molar-refractivity contribution in [1.29, 1.82) is 0 Å². The molecule has 0 aromatic heterocycles. The van der Waals surface area contributed by atoms with E-state index in [1.165, 1.54) is 0 Å². The van der Waals surface area contributed by atoms with Gasteiger partial charge in [-0.25, -0.2) is 0 Å². The molecule has 1 heterocycles. The fourth-order valence-electron chi connectivity index (χ4n) is 1.78. The number of aliphatic hydroxyl groups is 2. The highest BCUT2D eigenvalue weighted by atomic mass is 16.7. The largest absolute Gasteiger partial charge is 0.394 e. The molecule has 16 heavy (non-hydrogen) atoms. The van der Waals surface area contributed by atoms with E-state index in [4.69, 9.17) is 20.3 Å². The van der Waals surface area contributed by atoms with E-state index in [9.17, 15) is 5.11 Å². The van der Waals surface area contributed by atoms with Gasteiger partial charge in [-0.1, -0.05) is 6.92 Å². The lowest BCUT2D eigenvalue weighted by Crippen LogP contribution is -2.60. The zero-order chi connectivity index (χ0) is 12.5. The summed E-state index contributed by atoms with van der Waals surface area (Å²) >= 11 is 0. The third kappa shape index (κ3) is 3.15. The summed E-state index contributed by atoms with van der Waals surface area (Å²) in [6, 6.07) is -0.586. The van der Waals surface area contributed by atoms with E-state index in [1.54, 1.807) is 6.92 Å². The number of ether oxygens (including phenoxy) is 2. The molecular weight excluding hydrogens is 210 g/mol. The molecule has 1 saturated heterocycles. The molecule has 1 aliphatic heterocycles. The zero-order valence-corrected chi connectivity index (χ0v) is 10.4. The summed E-state index contributed by atoms with van der Waals surface area (Å²) in [6.45, 7) is 7.33. The van der Waals surface area contributed by atoms with Crippen LogP contribution in [-0.4, -0.2) is 47.0 Å². The average molecular weight is 233 g/mol. The summed E-state index contributed by atoms with van der Waals surface area (Å²) in [7, 11) is 0. The highest BCUT2D eigenvalue weighted by Gasteiger charge is 2.42. The highest BCUT2D eigenvalue weighted by molar-refractivity contribution is 4.89. The summed E-state index contributed by atoms with van der Waals surface area (Å²) < 4.78 is 11.2. The van der Waals surface area contributed by atoms with E-state index in [2.05, 4.69) is 0 Å². The van der Waals surface area contributed by atoms with Gasteiger partial charge in [-0.2, -0.15) is 0 Å². The van der Waals surface area contributed by atoms with Crippen LogP contribution >= 0.6 is 0 Å². The molecule has 0 radical (unpaired) electrons. The maximum Gasteiger partial charge on any atom is 0.176 e. The van der Waals surface area contributed by atoms with Crippen LogP contribution in [0.4, 0.5) is 0 Å². The minimum atomic E-state index is -0.724. The molecule has 5 nitrogen and oxygen atoms in total. The van der Waals surface area contributed by atoms with Crippen molar-refractivity contribution in [2.24, 2.45) is 11.7 Å². The van der Waals surface area contributed by atoms with Crippen LogP contribution in [0.25, 0.3) is 0 Å².